The van der Waals surface area contributed by atoms with Gasteiger partial charge in [0.2, 0.25) is 5.91 Å². The molecule has 2 aliphatic rings. The summed E-state index contributed by atoms with van der Waals surface area (Å²) in [6, 6.07) is 10.3. The van der Waals surface area contributed by atoms with E-state index in [1.54, 1.807) is 18.4 Å². The minimum absolute atomic E-state index is 0.0395. The summed E-state index contributed by atoms with van der Waals surface area (Å²) >= 11 is 0. The molecule has 138 valence electrons. The van der Waals surface area contributed by atoms with Crippen molar-refractivity contribution in [1.29, 1.82) is 0 Å². The Balaban J connectivity index is 1.45. The molecule has 1 saturated carbocycles. The van der Waals surface area contributed by atoms with Gasteiger partial charge in [-0.2, -0.15) is 0 Å². The topological polar surface area (TPSA) is 45.5 Å². The lowest BCUT2D eigenvalue weighted by Gasteiger charge is -2.33. The van der Waals surface area contributed by atoms with Crippen molar-refractivity contribution in [3.8, 4) is 0 Å². The van der Waals surface area contributed by atoms with Crippen LogP contribution in [0.15, 0.2) is 47.1 Å². The molecule has 2 heterocycles. The predicted molar refractivity (Wildman–Crippen MR) is 97.2 cm³/mol. The van der Waals surface area contributed by atoms with Crippen molar-refractivity contribution < 1.29 is 13.6 Å². The van der Waals surface area contributed by atoms with E-state index >= 15 is 0 Å². The van der Waals surface area contributed by atoms with E-state index in [2.05, 4.69) is 10.2 Å². The number of amides is 1. The first-order chi connectivity index (χ1) is 12.7. The van der Waals surface area contributed by atoms with Crippen LogP contribution in [0.1, 0.15) is 49.5 Å². The third kappa shape index (κ3) is 3.40. The van der Waals surface area contributed by atoms with E-state index in [1.165, 1.54) is 31.4 Å². The lowest BCUT2D eigenvalue weighted by molar-refractivity contribution is -0.123. The first-order valence-corrected chi connectivity index (χ1v) is 9.51. The van der Waals surface area contributed by atoms with Gasteiger partial charge in [0, 0.05) is 6.54 Å². The van der Waals surface area contributed by atoms with Gasteiger partial charge in [-0.1, -0.05) is 18.6 Å². The lowest BCUT2D eigenvalue weighted by atomic mass is 9.94. The van der Waals surface area contributed by atoms with Gasteiger partial charge in [0.15, 0.2) is 0 Å². The lowest BCUT2D eigenvalue weighted by Crippen LogP contribution is -2.43. The van der Waals surface area contributed by atoms with Gasteiger partial charge in [-0.3, -0.25) is 9.69 Å². The van der Waals surface area contributed by atoms with Crippen LogP contribution in [0, 0.1) is 5.82 Å². The van der Waals surface area contributed by atoms with E-state index < -0.39 is 5.41 Å². The molecular weight excluding hydrogens is 331 g/mol. The Morgan fingerprint density at radius 1 is 1.15 bits per heavy atom. The maximum Gasteiger partial charge on any atom is 0.230 e. The second kappa shape index (κ2) is 7.23. The maximum atomic E-state index is 13.2. The molecule has 1 aromatic carbocycles. The molecule has 0 spiro atoms. The van der Waals surface area contributed by atoms with Crippen LogP contribution in [0.2, 0.25) is 0 Å². The number of carbonyl (C=O) groups is 1. The molecular formula is C21H25FN2O2. The molecule has 1 N–H and O–H groups in total. The van der Waals surface area contributed by atoms with Crippen molar-refractivity contribution >= 4 is 5.91 Å². The third-order valence-electron chi connectivity index (χ3n) is 5.74. The standard InChI is InChI=1S/C21H25FN2O2/c22-17-8-6-16(7-9-17)21(10-11-21)20(25)23-15-18(19-5-4-14-26-19)24-12-2-1-3-13-24/h4-9,14,18H,1-3,10-13,15H2,(H,23,25). The largest absolute Gasteiger partial charge is 0.468 e. The Morgan fingerprint density at radius 2 is 1.88 bits per heavy atom. The van der Waals surface area contributed by atoms with Crippen LogP contribution in [0.5, 0.6) is 0 Å². The van der Waals surface area contributed by atoms with Crippen molar-refractivity contribution in [3.63, 3.8) is 0 Å². The molecule has 1 saturated heterocycles. The van der Waals surface area contributed by atoms with E-state index in [1.807, 2.05) is 12.1 Å². The zero-order chi connectivity index (χ0) is 18.0. The number of halogens is 1. The Bertz CT molecular complexity index is 732. The number of hydrogen-bond donors (Lipinski definition) is 1. The molecule has 1 amide bonds. The number of carbonyl (C=O) groups excluding carboxylic acids is 1. The number of likely N-dealkylation sites (tertiary alicyclic amines) is 1. The molecule has 1 atom stereocenters. The zero-order valence-electron chi connectivity index (χ0n) is 14.9. The molecule has 0 radical (unpaired) electrons. The van der Waals surface area contributed by atoms with E-state index in [0.717, 1.165) is 37.3 Å². The SMILES string of the molecule is O=C(NCC(c1ccco1)N1CCCCC1)C1(c2ccc(F)cc2)CC1. The number of hydrogen-bond acceptors (Lipinski definition) is 3. The average Bonchev–Trinajstić information content (AvgIpc) is 3.31. The number of nitrogens with one attached hydrogen (secondary N) is 1. The molecule has 4 rings (SSSR count). The Hall–Kier alpha value is -2.14. The highest BCUT2D eigenvalue weighted by atomic mass is 19.1. The number of rotatable bonds is 6. The number of benzene rings is 1. The molecule has 1 aliphatic heterocycles. The molecule has 2 aromatic rings. The van der Waals surface area contributed by atoms with Crippen LogP contribution < -0.4 is 5.32 Å². The van der Waals surface area contributed by atoms with Crippen LogP contribution in [-0.4, -0.2) is 30.4 Å². The molecule has 1 unspecified atom stereocenters. The Kier molecular flexibility index (Phi) is 4.81. The van der Waals surface area contributed by atoms with Gasteiger partial charge in [-0.25, -0.2) is 4.39 Å². The quantitative estimate of drug-likeness (QED) is 0.856. The van der Waals surface area contributed by atoms with Gasteiger partial charge < -0.3 is 9.73 Å². The summed E-state index contributed by atoms with van der Waals surface area (Å²) in [5.74, 6) is 0.671. The highest BCUT2D eigenvalue weighted by Crippen LogP contribution is 2.48. The summed E-state index contributed by atoms with van der Waals surface area (Å²) in [6.45, 7) is 2.60. The average molecular weight is 356 g/mol. The first-order valence-electron chi connectivity index (χ1n) is 9.51. The van der Waals surface area contributed by atoms with E-state index in [4.69, 9.17) is 4.42 Å². The van der Waals surface area contributed by atoms with E-state index in [9.17, 15) is 9.18 Å². The molecule has 1 aromatic heterocycles. The van der Waals surface area contributed by atoms with Crippen molar-refractivity contribution in [1.82, 2.24) is 10.2 Å². The van der Waals surface area contributed by atoms with Gasteiger partial charge in [-0.05, 0) is 68.6 Å². The van der Waals surface area contributed by atoms with Crippen molar-refractivity contribution in [2.45, 2.75) is 43.6 Å². The zero-order valence-corrected chi connectivity index (χ0v) is 14.9. The van der Waals surface area contributed by atoms with Crippen LogP contribution in [-0.2, 0) is 10.2 Å². The molecule has 5 heteroatoms. The van der Waals surface area contributed by atoms with Gasteiger partial charge in [0.25, 0.3) is 0 Å². The molecule has 0 bridgehead atoms. The second-order valence-electron chi connectivity index (χ2n) is 7.43. The van der Waals surface area contributed by atoms with Crippen molar-refractivity contribution in [3.05, 3.63) is 59.8 Å². The maximum absolute atomic E-state index is 13.2. The predicted octanol–water partition coefficient (Wildman–Crippen LogP) is 3.79. The summed E-state index contributed by atoms with van der Waals surface area (Å²) in [5, 5.41) is 3.15. The Labute approximate surface area is 153 Å². The van der Waals surface area contributed by atoms with Crippen LogP contribution in [0.3, 0.4) is 0 Å². The van der Waals surface area contributed by atoms with Gasteiger partial charge in [-0.15, -0.1) is 0 Å². The molecule has 1 aliphatic carbocycles. The Morgan fingerprint density at radius 3 is 2.50 bits per heavy atom. The van der Waals surface area contributed by atoms with Gasteiger partial charge >= 0.3 is 0 Å². The minimum Gasteiger partial charge on any atom is -0.468 e. The van der Waals surface area contributed by atoms with Crippen LogP contribution >= 0.6 is 0 Å². The molecule has 26 heavy (non-hydrogen) atoms. The monoisotopic (exact) mass is 356 g/mol. The summed E-state index contributed by atoms with van der Waals surface area (Å²) in [5.41, 5.74) is 0.424. The van der Waals surface area contributed by atoms with E-state index in [-0.39, 0.29) is 17.8 Å². The third-order valence-corrected chi connectivity index (χ3v) is 5.74. The second-order valence-corrected chi connectivity index (χ2v) is 7.43. The van der Waals surface area contributed by atoms with Gasteiger partial charge in [0.1, 0.15) is 11.6 Å². The molecule has 4 nitrogen and oxygen atoms in total. The van der Waals surface area contributed by atoms with Crippen molar-refractivity contribution in [2.75, 3.05) is 19.6 Å². The molecule has 2 fully saturated rings. The number of piperidine rings is 1. The minimum atomic E-state index is -0.483. The number of furan rings is 1. The fourth-order valence-electron chi connectivity index (χ4n) is 4.02. The van der Waals surface area contributed by atoms with Crippen LogP contribution in [0.4, 0.5) is 4.39 Å². The smallest absolute Gasteiger partial charge is 0.230 e. The van der Waals surface area contributed by atoms with E-state index in [0.29, 0.717) is 6.54 Å². The highest BCUT2D eigenvalue weighted by Gasteiger charge is 2.51. The normalized spacial score (nSPS) is 20.5. The first kappa shape index (κ1) is 17.3. The highest BCUT2D eigenvalue weighted by molar-refractivity contribution is 5.91. The van der Waals surface area contributed by atoms with Crippen LogP contribution in [0.25, 0.3) is 0 Å². The number of nitrogens with zero attached hydrogens (tertiary/aromatic N) is 1. The summed E-state index contributed by atoms with van der Waals surface area (Å²) in [7, 11) is 0. The van der Waals surface area contributed by atoms with Crippen molar-refractivity contribution in [2.24, 2.45) is 0 Å². The summed E-state index contributed by atoms with van der Waals surface area (Å²) < 4.78 is 18.8. The fourth-order valence-corrected chi connectivity index (χ4v) is 4.02. The fraction of sp³-hybridized carbons (Fsp3) is 0.476. The summed E-state index contributed by atoms with van der Waals surface area (Å²) in [6.07, 6.45) is 6.96. The summed E-state index contributed by atoms with van der Waals surface area (Å²) in [4.78, 5) is 15.3. The van der Waals surface area contributed by atoms with Gasteiger partial charge in [0.05, 0.1) is 17.7 Å².